The maximum absolute atomic E-state index is 14.8. The highest BCUT2D eigenvalue weighted by atomic mass is 28.4. The Morgan fingerprint density at radius 3 is 1.88 bits per heavy atom. The molecule has 1 saturated carbocycles. The normalized spacial score (nSPS) is 22.3. The van der Waals surface area contributed by atoms with Crippen molar-refractivity contribution in [1.29, 1.82) is 0 Å². The Hall–Kier alpha value is -0.749. The molecule has 0 spiro atoms. The molecule has 0 aromatic rings. The molecule has 9 heteroatoms. The Kier molecular flexibility index (Phi) is 15.8. The number of Topliss-reactive ketones (excluding diaryl/α,β-unsaturated/α-hetero) is 1. The van der Waals surface area contributed by atoms with Crippen molar-refractivity contribution < 1.29 is 27.9 Å². The third-order valence-corrected chi connectivity index (χ3v) is 22.8. The highest BCUT2D eigenvalue weighted by Crippen LogP contribution is 2.56. The fraction of sp³-hybridized carbons (Fsp3) is 0.897. The quantitative estimate of drug-likeness (QED) is 0.0706. The zero-order chi connectivity index (χ0) is 37.7. The molecule has 1 rings (SSSR count). The first kappa shape index (κ1) is 45.3. The smallest absolute Gasteiger partial charge is 0.308 e. The Balaban J connectivity index is 3.36. The van der Waals surface area contributed by atoms with Crippen LogP contribution in [0.2, 0.25) is 61.9 Å². The van der Waals surface area contributed by atoms with Gasteiger partial charge < -0.3 is 18.3 Å². The van der Waals surface area contributed by atoms with Crippen LogP contribution in [0.5, 0.6) is 0 Å². The molecule has 48 heavy (non-hydrogen) atoms. The predicted molar refractivity (Wildman–Crippen MR) is 211 cm³/mol. The summed E-state index contributed by atoms with van der Waals surface area (Å²) in [5, 5.41) is -0.0594. The van der Waals surface area contributed by atoms with Crippen molar-refractivity contribution in [3.8, 4) is 0 Å². The van der Waals surface area contributed by atoms with Crippen molar-refractivity contribution >= 4 is 36.5 Å². The minimum atomic E-state index is -2.33. The predicted octanol–water partition coefficient (Wildman–Crippen LogP) is 11.3. The summed E-state index contributed by atoms with van der Waals surface area (Å²) in [4.78, 5) is 28.2. The molecule has 0 aliphatic heterocycles. The monoisotopic (exact) mass is 727 g/mol. The van der Waals surface area contributed by atoms with Gasteiger partial charge in [-0.1, -0.05) is 102 Å². The number of carbonyl (C=O) groups excluding carboxylic acids is 2. The minimum Gasteiger partial charge on any atom is -0.505 e. The van der Waals surface area contributed by atoms with Gasteiger partial charge in [0.2, 0.25) is 0 Å². The van der Waals surface area contributed by atoms with Crippen LogP contribution in [0.15, 0.2) is 12.3 Å². The summed E-state index contributed by atoms with van der Waals surface area (Å²) in [6.45, 7) is 40.3. The molecule has 1 aliphatic carbocycles. The lowest BCUT2D eigenvalue weighted by Gasteiger charge is -2.46. The molecule has 0 bridgehead atoms. The van der Waals surface area contributed by atoms with Crippen molar-refractivity contribution in [2.75, 3.05) is 13.7 Å². The molecule has 6 nitrogen and oxygen atoms in total. The van der Waals surface area contributed by atoms with E-state index in [2.05, 4.69) is 114 Å². The van der Waals surface area contributed by atoms with Crippen LogP contribution in [0.4, 0.5) is 0 Å². The molecule has 0 radical (unpaired) electrons. The van der Waals surface area contributed by atoms with Gasteiger partial charge in [0, 0.05) is 19.4 Å². The number of allylic oxidation sites excluding steroid dienone is 1. The van der Waals surface area contributed by atoms with Crippen LogP contribution in [0.3, 0.4) is 0 Å². The van der Waals surface area contributed by atoms with Crippen molar-refractivity contribution in [2.45, 2.75) is 182 Å². The lowest BCUT2D eigenvalue weighted by Crippen LogP contribution is -2.54. The molecule has 1 aliphatic rings. The second-order valence-corrected chi connectivity index (χ2v) is 35.4. The van der Waals surface area contributed by atoms with Crippen LogP contribution in [-0.2, 0) is 27.9 Å². The number of ketones is 1. The van der Waals surface area contributed by atoms with Gasteiger partial charge in [0.1, 0.15) is 5.78 Å². The van der Waals surface area contributed by atoms with Gasteiger partial charge in [0.05, 0.1) is 38.6 Å². The highest BCUT2D eigenvalue weighted by Gasteiger charge is 2.51. The summed E-state index contributed by atoms with van der Waals surface area (Å²) in [5.74, 6) is 0.256. The zero-order valence-corrected chi connectivity index (χ0v) is 37.9. The van der Waals surface area contributed by atoms with E-state index in [0.717, 1.165) is 25.3 Å². The van der Waals surface area contributed by atoms with Crippen LogP contribution in [0, 0.1) is 28.6 Å². The Morgan fingerprint density at radius 2 is 1.40 bits per heavy atom. The number of esters is 1. The van der Waals surface area contributed by atoms with E-state index in [9.17, 15) is 9.59 Å². The van der Waals surface area contributed by atoms with Crippen molar-refractivity contribution in [2.24, 2.45) is 28.6 Å². The number of methoxy groups -OCH3 is 1. The van der Waals surface area contributed by atoms with Gasteiger partial charge in [-0.15, -0.1) is 0 Å². The summed E-state index contributed by atoms with van der Waals surface area (Å²) in [5.41, 5.74) is -0.587. The Bertz CT molecular complexity index is 1080. The minimum absolute atomic E-state index is 0.0132. The molecular weight excluding hydrogens is 649 g/mol. The van der Waals surface area contributed by atoms with Crippen LogP contribution >= 0.6 is 0 Å². The molecule has 0 N–H and O–H groups in total. The number of rotatable bonds is 20. The number of ether oxygens (including phenoxy) is 2. The maximum atomic E-state index is 14.8. The van der Waals surface area contributed by atoms with Crippen LogP contribution in [0.25, 0.3) is 0 Å². The van der Waals surface area contributed by atoms with E-state index in [1.54, 1.807) is 7.11 Å². The van der Waals surface area contributed by atoms with E-state index < -0.39 is 36.2 Å². The molecule has 0 aromatic heterocycles. The van der Waals surface area contributed by atoms with Gasteiger partial charge in [-0.25, -0.2) is 0 Å². The fourth-order valence-corrected chi connectivity index (χ4v) is 9.61. The molecule has 0 heterocycles. The van der Waals surface area contributed by atoms with Crippen LogP contribution in [-0.4, -0.2) is 62.4 Å². The Morgan fingerprint density at radius 1 is 0.875 bits per heavy atom. The second kappa shape index (κ2) is 16.7. The first-order valence-corrected chi connectivity index (χ1v) is 28.2. The van der Waals surface area contributed by atoms with Gasteiger partial charge in [0.25, 0.3) is 0 Å². The Labute approximate surface area is 300 Å². The molecule has 282 valence electrons. The molecule has 0 unspecified atom stereocenters. The third-order valence-electron chi connectivity index (χ3n) is 12.1. The summed E-state index contributed by atoms with van der Waals surface area (Å²) < 4.78 is 25.1. The standard InChI is InChI=1S/C39H78O6Si3/c1-29(21-20-23-39(11)28-31(39)22-24-42-12)34(45-48(18,19)37(6,7)8)30(2)35(41)38(9,10)32(44-47(16,17)36(3,4)5)27-33(40)43-25-26-46(13,14)15/h22,24,29-32,34H,20-21,23,25-28H2,1-19H3/b24-22-/t29-,30+,31-,32-,34-,39+/m0/s1. The van der Waals surface area contributed by atoms with Gasteiger partial charge >= 0.3 is 5.97 Å². The molecule has 6 atom stereocenters. The summed E-state index contributed by atoms with van der Waals surface area (Å²) in [6.07, 6.45) is 7.73. The number of carbonyl (C=O) groups is 2. The van der Waals surface area contributed by atoms with Crippen molar-refractivity contribution in [1.82, 2.24) is 0 Å². The van der Waals surface area contributed by atoms with E-state index >= 15 is 0 Å². The van der Waals surface area contributed by atoms with Gasteiger partial charge in [0.15, 0.2) is 16.6 Å². The second-order valence-electron chi connectivity index (χ2n) is 20.2. The van der Waals surface area contributed by atoms with Gasteiger partial charge in [-0.2, -0.15) is 0 Å². The van der Waals surface area contributed by atoms with E-state index in [1.807, 2.05) is 20.1 Å². The maximum Gasteiger partial charge on any atom is 0.308 e. The summed E-state index contributed by atoms with van der Waals surface area (Å²) >= 11 is 0. The number of hydrogen-bond acceptors (Lipinski definition) is 6. The van der Waals surface area contributed by atoms with Gasteiger partial charge in [-0.05, 0) is 84.9 Å². The van der Waals surface area contributed by atoms with E-state index in [-0.39, 0.29) is 46.2 Å². The number of hydrogen-bond donors (Lipinski definition) is 0. The van der Waals surface area contributed by atoms with Crippen molar-refractivity contribution in [3.05, 3.63) is 12.3 Å². The highest BCUT2D eigenvalue weighted by molar-refractivity contribution is 6.76. The van der Waals surface area contributed by atoms with E-state index in [0.29, 0.717) is 17.9 Å². The van der Waals surface area contributed by atoms with E-state index in [4.69, 9.17) is 18.3 Å². The molecule has 0 saturated heterocycles. The lowest BCUT2D eigenvalue weighted by atomic mass is 9.73. The fourth-order valence-electron chi connectivity index (χ4n) is 5.98. The molecule has 1 fully saturated rings. The van der Waals surface area contributed by atoms with Gasteiger partial charge in [-0.3, -0.25) is 9.59 Å². The molecular formula is C39H78O6Si3. The van der Waals surface area contributed by atoms with E-state index in [1.165, 1.54) is 6.42 Å². The molecule has 0 amide bonds. The summed E-state index contributed by atoms with van der Waals surface area (Å²) in [6, 6.07) is 0.917. The topological polar surface area (TPSA) is 71.1 Å². The summed E-state index contributed by atoms with van der Waals surface area (Å²) in [7, 11) is -4.19. The SMILES string of the molecule is CO/C=C\[C@H]1C[C@@]1(C)CCC[C@H](C)[C@H](O[Si](C)(C)C(C)(C)C)[C@@H](C)C(=O)C(C)(C)[C@H](CC(=O)OCC[Si](C)(C)C)O[Si](C)(C)C(C)(C)C. The lowest BCUT2D eigenvalue weighted by molar-refractivity contribution is -0.150. The van der Waals surface area contributed by atoms with Crippen molar-refractivity contribution in [3.63, 3.8) is 0 Å². The average molecular weight is 727 g/mol. The first-order valence-electron chi connectivity index (χ1n) is 18.7. The average Bonchev–Trinajstić information content (AvgIpc) is 3.55. The van der Waals surface area contributed by atoms with Crippen LogP contribution < -0.4 is 0 Å². The zero-order valence-electron chi connectivity index (χ0n) is 34.9. The molecule has 0 aromatic carbocycles. The van der Waals surface area contributed by atoms with Crippen LogP contribution in [0.1, 0.15) is 108 Å². The first-order chi connectivity index (χ1) is 21.4. The largest absolute Gasteiger partial charge is 0.505 e. The third kappa shape index (κ3) is 13.1.